The predicted octanol–water partition coefficient (Wildman–Crippen LogP) is 1.98. The van der Waals surface area contributed by atoms with Gasteiger partial charge in [-0.3, -0.25) is 4.79 Å². The molecule has 7 heteroatoms. The van der Waals surface area contributed by atoms with Crippen molar-refractivity contribution in [3.63, 3.8) is 0 Å². The van der Waals surface area contributed by atoms with Gasteiger partial charge in [-0.15, -0.1) is 0 Å². The molecule has 1 unspecified atom stereocenters. The van der Waals surface area contributed by atoms with E-state index < -0.39 is 0 Å². The van der Waals surface area contributed by atoms with Crippen LogP contribution in [0.1, 0.15) is 34.8 Å². The number of imidazole rings is 1. The highest BCUT2D eigenvalue weighted by Gasteiger charge is 2.31. The molecule has 7 nitrogen and oxygen atoms in total. The van der Waals surface area contributed by atoms with Gasteiger partial charge in [-0.2, -0.15) is 0 Å². The molecule has 0 aliphatic carbocycles. The molecule has 2 aromatic rings. The first-order valence-corrected chi connectivity index (χ1v) is 7.93. The maximum atomic E-state index is 12.9. The highest BCUT2D eigenvalue weighted by atomic mass is 16.7. The molecule has 0 saturated carbocycles. The zero-order valence-electron chi connectivity index (χ0n) is 13.7. The van der Waals surface area contributed by atoms with Crippen LogP contribution in [0.15, 0.2) is 24.4 Å². The van der Waals surface area contributed by atoms with Gasteiger partial charge in [-0.1, -0.05) is 0 Å². The van der Waals surface area contributed by atoms with Gasteiger partial charge in [0.1, 0.15) is 5.82 Å². The summed E-state index contributed by atoms with van der Waals surface area (Å²) >= 11 is 0. The van der Waals surface area contributed by atoms with Crippen molar-refractivity contribution in [2.45, 2.75) is 26.1 Å². The summed E-state index contributed by atoms with van der Waals surface area (Å²) in [5.74, 6) is 2.16. The molecule has 0 saturated heterocycles. The monoisotopic (exact) mass is 329 g/mol. The lowest BCUT2D eigenvalue weighted by Crippen LogP contribution is -2.41. The SMILES string of the molecule is COCc1cnc2n1CCN(C(=O)c1ccc3c(c1)OCO3)C2C. The molecular weight excluding hydrogens is 310 g/mol. The summed E-state index contributed by atoms with van der Waals surface area (Å²) in [6.07, 6.45) is 1.82. The Balaban J connectivity index is 1.59. The molecule has 0 bridgehead atoms. The lowest BCUT2D eigenvalue weighted by molar-refractivity contribution is 0.0632. The van der Waals surface area contributed by atoms with E-state index in [1.54, 1.807) is 25.3 Å². The minimum absolute atomic E-state index is 0.0247. The Morgan fingerprint density at radius 2 is 2.17 bits per heavy atom. The minimum atomic E-state index is -0.0951. The molecule has 3 heterocycles. The molecule has 1 aromatic carbocycles. The molecule has 1 amide bonds. The Bertz CT molecular complexity index is 786. The van der Waals surface area contributed by atoms with E-state index in [-0.39, 0.29) is 18.7 Å². The molecule has 0 radical (unpaired) electrons. The van der Waals surface area contributed by atoms with Gasteiger partial charge in [0, 0.05) is 25.8 Å². The number of fused-ring (bicyclic) bond motifs is 2. The average Bonchev–Trinajstić information content (AvgIpc) is 3.21. The summed E-state index contributed by atoms with van der Waals surface area (Å²) in [6, 6.07) is 5.21. The normalized spacial score (nSPS) is 18.6. The van der Waals surface area contributed by atoms with Crippen molar-refractivity contribution in [1.29, 1.82) is 0 Å². The van der Waals surface area contributed by atoms with E-state index in [0.717, 1.165) is 11.5 Å². The number of hydrogen-bond acceptors (Lipinski definition) is 5. The topological polar surface area (TPSA) is 65.8 Å². The minimum Gasteiger partial charge on any atom is -0.454 e. The van der Waals surface area contributed by atoms with Crippen LogP contribution in [0.3, 0.4) is 0 Å². The number of amides is 1. The van der Waals surface area contributed by atoms with E-state index in [1.807, 2.05) is 18.0 Å². The van der Waals surface area contributed by atoms with E-state index in [4.69, 9.17) is 14.2 Å². The third-order valence-corrected chi connectivity index (χ3v) is 4.55. The second-order valence-corrected chi connectivity index (χ2v) is 5.93. The molecule has 0 fully saturated rings. The molecule has 4 rings (SSSR count). The van der Waals surface area contributed by atoms with Crippen LogP contribution in [0.25, 0.3) is 0 Å². The third-order valence-electron chi connectivity index (χ3n) is 4.55. The van der Waals surface area contributed by atoms with E-state index in [9.17, 15) is 4.79 Å². The zero-order valence-corrected chi connectivity index (χ0v) is 13.7. The van der Waals surface area contributed by atoms with Gasteiger partial charge in [0.2, 0.25) is 6.79 Å². The molecule has 0 N–H and O–H groups in total. The van der Waals surface area contributed by atoms with Crippen LogP contribution in [0.5, 0.6) is 11.5 Å². The number of hydrogen-bond donors (Lipinski definition) is 0. The smallest absolute Gasteiger partial charge is 0.254 e. The maximum absolute atomic E-state index is 12.9. The van der Waals surface area contributed by atoms with Gasteiger partial charge in [0.05, 0.1) is 24.5 Å². The summed E-state index contributed by atoms with van der Waals surface area (Å²) in [4.78, 5) is 19.2. The number of benzene rings is 1. The predicted molar refractivity (Wildman–Crippen MR) is 85.0 cm³/mol. The van der Waals surface area contributed by atoms with Crippen LogP contribution >= 0.6 is 0 Å². The van der Waals surface area contributed by atoms with E-state index in [0.29, 0.717) is 36.8 Å². The number of carbonyl (C=O) groups excluding carboxylic acids is 1. The fraction of sp³-hybridized carbons (Fsp3) is 0.412. The molecule has 1 aromatic heterocycles. The van der Waals surface area contributed by atoms with E-state index in [2.05, 4.69) is 9.55 Å². The largest absolute Gasteiger partial charge is 0.454 e. The Morgan fingerprint density at radius 3 is 3.00 bits per heavy atom. The number of carbonyl (C=O) groups is 1. The fourth-order valence-electron chi connectivity index (χ4n) is 3.30. The van der Waals surface area contributed by atoms with Gasteiger partial charge >= 0.3 is 0 Å². The highest BCUT2D eigenvalue weighted by molar-refractivity contribution is 5.95. The number of rotatable bonds is 3. The van der Waals surface area contributed by atoms with Gasteiger partial charge in [-0.25, -0.2) is 4.98 Å². The van der Waals surface area contributed by atoms with Crippen molar-refractivity contribution in [2.75, 3.05) is 20.4 Å². The highest BCUT2D eigenvalue weighted by Crippen LogP contribution is 2.34. The van der Waals surface area contributed by atoms with Crippen molar-refractivity contribution in [3.8, 4) is 11.5 Å². The number of ether oxygens (including phenoxy) is 3. The molecule has 2 aliphatic heterocycles. The Hall–Kier alpha value is -2.54. The van der Waals surface area contributed by atoms with Crippen molar-refractivity contribution in [3.05, 3.63) is 41.5 Å². The number of aromatic nitrogens is 2. The van der Waals surface area contributed by atoms with Crippen LogP contribution in [0.4, 0.5) is 0 Å². The lowest BCUT2D eigenvalue weighted by Gasteiger charge is -2.34. The van der Waals surface area contributed by atoms with E-state index in [1.165, 1.54) is 0 Å². The first kappa shape index (κ1) is 15.0. The molecular formula is C17H19N3O4. The van der Waals surface area contributed by atoms with Gasteiger partial charge in [0.25, 0.3) is 5.91 Å². The van der Waals surface area contributed by atoms with Crippen LogP contribution in [0.2, 0.25) is 0 Å². The molecule has 1 atom stereocenters. The second-order valence-electron chi connectivity index (χ2n) is 5.93. The third kappa shape index (κ3) is 2.32. The van der Waals surface area contributed by atoms with Crippen LogP contribution in [0, 0.1) is 0 Å². The average molecular weight is 329 g/mol. The van der Waals surface area contributed by atoms with Gasteiger partial charge in [-0.05, 0) is 25.1 Å². The van der Waals surface area contributed by atoms with Gasteiger partial charge < -0.3 is 23.7 Å². The molecule has 0 spiro atoms. The summed E-state index contributed by atoms with van der Waals surface area (Å²) < 4.78 is 18.0. The van der Waals surface area contributed by atoms with Crippen LogP contribution < -0.4 is 9.47 Å². The van der Waals surface area contributed by atoms with Crippen molar-refractivity contribution in [2.24, 2.45) is 0 Å². The fourth-order valence-corrected chi connectivity index (χ4v) is 3.30. The standard InChI is InChI=1S/C17H19N3O4/c1-11-16-18-8-13(9-22-2)20(16)6-5-19(11)17(21)12-3-4-14-15(7-12)24-10-23-14/h3-4,7-8,11H,5-6,9-10H2,1-2H3. The van der Waals surface area contributed by atoms with Crippen molar-refractivity contribution >= 4 is 5.91 Å². The summed E-state index contributed by atoms with van der Waals surface area (Å²) in [6.45, 7) is 4.07. The Morgan fingerprint density at radius 1 is 1.33 bits per heavy atom. The van der Waals surface area contributed by atoms with E-state index >= 15 is 0 Å². The second kappa shape index (κ2) is 5.83. The molecule has 2 aliphatic rings. The first-order chi connectivity index (χ1) is 11.7. The molecule has 24 heavy (non-hydrogen) atoms. The Labute approximate surface area is 139 Å². The summed E-state index contributed by atoms with van der Waals surface area (Å²) in [5, 5.41) is 0. The maximum Gasteiger partial charge on any atom is 0.254 e. The quantitative estimate of drug-likeness (QED) is 0.861. The van der Waals surface area contributed by atoms with Crippen molar-refractivity contribution in [1.82, 2.24) is 14.5 Å². The lowest BCUT2D eigenvalue weighted by atomic mass is 10.1. The molecule has 126 valence electrons. The number of methoxy groups -OCH3 is 1. The van der Waals surface area contributed by atoms with Crippen LogP contribution in [-0.2, 0) is 17.9 Å². The number of nitrogens with zero attached hydrogens (tertiary/aromatic N) is 3. The van der Waals surface area contributed by atoms with Gasteiger partial charge in [0.15, 0.2) is 11.5 Å². The van der Waals surface area contributed by atoms with Crippen LogP contribution in [-0.4, -0.2) is 40.8 Å². The van der Waals surface area contributed by atoms with Crippen molar-refractivity contribution < 1.29 is 19.0 Å². The Kier molecular flexibility index (Phi) is 3.65. The first-order valence-electron chi connectivity index (χ1n) is 7.93. The zero-order chi connectivity index (χ0) is 16.7. The summed E-state index contributed by atoms with van der Waals surface area (Å²) in [7, 11) is 1.67. The summed E-state index contributed by atoms with van der Waals surface area (Å²) in [5.41, 5.74) is 1.64.